The molecule has 1 unspecified atom stereocenters. The van der Waals surface area contributed by atoms with Gasteiger partial charge in [-0.3, -0.25) is 0 Å². The van der Waals surface area contributed by atoms with Crippen molar-refractivity contribution in [3.8, 4) is 0 Å². The molecule has 2 fully saturated rings. The Morgan fingerprint density at radius 2 is 1.89 bits per heavy atom. The van der Waals surface area contributed by atoms with Gasteiger partial charge in [0.2, 0.25) is 5.89 Å². The molecule has 0 spiro atoms. The van der Waals surface area contributed by atoms with Crippen molar-refractivity contribution in [3.63, 3.8) is 0 Å². The highest BCUT2D eigenvalue weighted by Crippen LogP contribution is 2.45. The number of hydrogen-bond acceptors (Lipinski definition) is 5. The van der Waals surface area contributed by atoms with Crippen LogP contribution < -0.4 is 10.6 Å². The normalized spacial score (nSPS) is 21.3. The minimum atomic E-state index is 0.123. The quantitative estimate of drug-likeness (QED) is 0.777. The van der Waals surface area contributed by atoms with Crippen molar-refractivity contribution in [2.75, 3.05) is 11.9 Å². The highest BCUT2D eigenvalue weighted by atomic mass is 16.4. The summed E-state index contributed by atoms with van der Waals surface area (Å²) in [5.41, 5.74) is 0. The summed E-state index contributed by atoms with van der Waals surface area (Å²) in [7, 11) is 0. The van der Waals surface area contributed by atoms with Gasteiger partial charge in [-0.2, -0.15) is 0 Å². The molecule has 5 heteroatoms. The van der Waals surface area contributed by atoms with Crippen molar-refractivity contribution < 1.29 is 4.42 Å². The lowest BCUT2D eigenvalue weighted by Crippen LogP contribution is -2.24. The van der Waals surface area contributed by atoms with E-state index in [4.69, 9.17) is 4.42 Å². The maximum atomic E-state index is 5.69. The third kappa shape index (κ3) is 2.66. The van der Waals surface area contributed by atoms with Crippen LogP contribution in [0.4, 0.5) is 6.01 Å². The Labute approximate surface area is 108 Å². The first-order chi connectivity index (χ1) is 8.78. The summed E-state index contributed by atoms with van der Waals surface area (Å²) < 4.78 is 5.69. The molecule has 0 amide bonds. The van der Waals surface area contributed by atoms with E-state index in [9.17, 15) is 0 Å². The minimum Gasteiger partial charge on any atom is -0.406 e. The van der Waals surface area contributed by atoms with E-state index in [0.29, 0.717) is 17.9 Å². The molecule has 2 N–H and O–H groups in total. The molecule has 100 valence electrons. The molecule has 0 bridgehead atoms. The lowest BCUT2D eigenvalue weighted by molar-refractivity contribution is 0.421. The predicted octanol–water partition coefficient (Wildman–Crippen LogP) is 2.34. The van der Waals surface area contributed by atoms with Crippen LogP contribution in [0.2, 0.25) is 0 Å². The molecule has 2 saturated carbocycles. The van der Waals surface area contributed by atoms with Gasteiger partial charge in [0, 0.05) is 6.04 Å². The second kappa shape index (κ2) is 4.88. The van der Waals surface area contributed by atoms with Crippen molar-refractivity contribution >= 4 is 6.01 Å². The smallest absolute Gasteiger partial charge is 0.315 e. The van der Waals surface area contributed by atoms with Crippen LogP contribution in [-0.2, 0) is 0 Å². The fourth-order valence-electron chi connectivity index (χ4n) is 2.54. The standard InChI is InChI=1S/C13H22N4O/c1-3-14-8(2)12-16-17-13(18-12)15-11(9-4-5-9)10-6-7-10/h8-11,14H,3-7H2,1-2H3,(H,15,17). The van der Waals surface area contributed by atoms with E-state index in [-0.39, 0.29) is 6.04 Å². The third-order valence-corrected chi connectivity index (χ3v) is 3.87. The minimum absolute atomic E-state index is 0.123. The topological polar surface area (TPSA) is 63.0 Å². The Bertz CT molecular complexity index is 385. The molecule has 1 aromatic heterocycles. The highest BCUT2D eigenvalue weighted by molar-refractivity contribution is 5.23. The SMILES string of the molecule is CCNC(C)c1nnc(NC(C2CC2)C2CC2)o1. The first-order valence-corrected chi connectivity index (χ1v) is 7.11. The van der Waals surface area contributed by atoms with E-state index >= 15 is 0 Å². The van der Waals surface area contributed by atoms with Crippen LogP contribution in [0.3, 0.4) is 0 Å². The van der Waals surface area contributed by atoms with Gasteiger partial charge in [0.25, 0.3) is 0 Å². The number of rotatable bonds is 7. The molecule has 3 rings (SSSR count). The second-order valence-electron chi connectivity index (χ2n) is 5.57. The zero-order valence-corrected chi connectivity index (χ0v) is 11.1. The molecule has 18 heavy (non-hydrogen) atoms. The summed E-state index contributed by atoms with van der Waals surface area (Å²) in [6.45, 7) is 5.02. The molecule has 0 aliphatic heterocycles. The first kappa shape index (κ1) is 12.0. The Hall–Kier alpha value is -1.10. The number of nitrogens with zero attached hydrogens (tertiary/aromatic N) is 2. The van der Waals surface area contributed by atoms with Gasteiger partial charge < -0.3 is 15.1 Å². The summed E-state index contributed by atoms with van der Waals surface area (Å²) in [6, 6.07) is 1.28. The van der Waals surface area contributed by atoms with Crippen molar-refractivity contribution in [1.82, 2.24) is 15.5 Å². The maximum Gasteiger partial charge on any atom is 0.315 e. The molecule has 0 aromatic carbocycles. The van der Waals surface area contributed by atoms with E-state index < -0.39 is 0 Å². The maximum absolute atomic E-state index is 5.69. The van der Waals surface area contributed by atoms with Crippen LogP contribution in [0.25, 0.3) is 0 Å². The van der Waals surface area contributed by atoms with Gasteiger partial charge in [-0.05, 0) is 51.0 Å². The van der Waals surface area contributed by atoms with Gasteiger partial charge >= 0.3 is 6.01 Å². The van der Waals surface area contributed by atoms with Crippen molar-refractivity contribution in [2.45, 2.75) is 51.6 Å². The average Bonchev–Trinajstić information content (AvgIpc) is 3.26. The Kier molecular flexibility index (Phi) is 3.24. The van der Waals surface area contributed by atoms with Crippen LogP contribution in [0, 0.1) is 11.8 Å². The fourth-order valence-corrected chi connectivity index (χ4v) is 2.54. The number of anilines is 1. The van der Waals surface area contributed by atoms with E-state index in [1.165, 1.54) is 25.7 Å². The van der Waals surface area contributed by atoms with Crippen LogP contribution in [0.1, 0.15) is 51.5 Å². The van der Waals surface area contributed by atoms with Gasteiger partial charge in [0.1, 0.15) is 0 Å². The van der Waals surface area contributed by atoms with Crippen LogP contribution in [0.5, 0.6) is 0 Å². The summed E-state index contributed by atoms with van der Waals surface area (Å²) in [6.07, 6.45) is 5.40. The van der Waals surface area contributed by atoms with Crippen molar-refractivity contribution in [1.29, 1.82) is 0 Å². The van der Waals surface area contributed by atoms with Crippen molar-refractivity contribution in [2.24, 2.45) is 11.8 Å². The number of nitrogens with one attached hydrogen (secondary N) is 2. The molecule has 1 heterocycles. The van der Waals surface area contributed by atoms with Gasteiger partial charge in [-0.15, -0.1) is 5.10 Å². The molecule has 2 aliphatic carbocycles. The largest absolute Gasteiger partial charge is 0.406 e. The number of aromatic nitrogens is 2. The van der Waals surface area contributed by atoms with Gasteiger partial charge in [0.05, 0.1) is 6.04 Å². The zero-order valence-electron chi connectivity index (χ0n) is 11.1. The third-order valence-electron chi connectivity index (χ3n) is 3.87. The molecule has 1 aromatic rings. The highest BCUT2D eigenvalue weighted by Gasteiger charge is 2.42. The van der Waals surface area contributed by atoms with Gasteiger partial charge in [-0.25, -0.2) is 0 Å². The van der Waals surface area contributed by atoms with Crippen LogP contribution in [-0.4, -0.2) is 22.8 Å². The van der Waals surface area contributed by atoms with E-state index in [2.05, 4.69) is 27.8 Å². The molecular formula is C13H22N4O. The first-order valence-electron chi connectivity index (χ1n) is 7.11. The molecule has 0 radical (unpaired) electrons. The number of hydrogen-bond donors (Lipinski definition) is 2. The molecule has 2 aliphatic rings. The molecular weight excluding hydrogens is 228 g/mol. The van der Waals surface area contributed by atoms with Crippen molar-refractivity contribution in [3.05, 3.63) is 5.89 Å². The Morgan fingerprint density at radius 1 is 1.22 bits per heavy atom. The summed E-state index contributed by atoms with van der Waals surface area (Å²) in [5, 5.41) is 14.9. The molecule has 5 nitrogen and oxygen atoms in total. The van der Waals surface area contributed by atoms with E-state index in [1.54, 1.807) is 0 Å². The van der Waals surface area contributed by atoms with E-state index in [1.807, 2.05) is 6.92 Å². The lowest BCUT2D eigenvalue weighted by atomic mass is 10.1. The fraction of sp³-hybridized carbons (Fsp3) is 0.846. The van der Waals surface area contributed by atoms with Crippen LogP contribution in [0.15, 0.2) is 4.42 Å². The van der Waals surface area contributed by atoms with E-state index in [0.717, 1.165) is 18.4 Å². The Balaban J connectivity index is 1.61. The molecule has 0 saturated heterocycles. The second-order valence-corrected chi connectivity index (χ2v) is 5.57. The average molecular weight is 250 g/mol. The van der Waals surface area contributed by atoms with Gasteiger partial charge in [0.15, 0.2) is 0 Å². The van der Waals surface area contributed by atoms with Gasteiger partial charge in [-0.1, -0.05) is 12.0 Å². The zero-order chi connectivity index (χ0) is 12.5. The Morgan fingerprint density at radius 3 is 2.44 bits per heavy atom. The van der Waals surface area contributed by atoms with Crippen LogP contribution >= 0.6 is 0 Å². The predicted molar refractivity (Wildman–Crippen MR) is 69.2 cm³/mol. The summed E-state index contributed by atoms with van der Waals surface area (Å²) in [5.74, 6) is 2.34. The molecule has 1 atom stereocenters. The monoisotopic (exact) mass is 250 g/mol. The summed E-state index contributed by atoms with van der Waals surface area (Å²) >= 11 is 0. The summed E-state index contributed by atoms with van der Waals surface area (Å²) in [4.78, 5) is 0. The lowest BCUT2D eigenvalue weighted by Gasteiger charge is -2.15.